The van der Waals surface area contributed by atoms with Crippen molar-refractivity contribution in [1.82, 2.24) is 15.2 Å². The van der Waals surface area contributed by atoms with Crippen molar-refractivity contribution >= 4 is 23.4 Å². The van der Waals surface area contributed by atoms with Gasteiger partial charge in [0.1, 0.15) is 12.0 Å². The molecule has 142 valence electrons. The minimum absolute atomic E-state index is 0.500. The Morgan fingerprint density at radius 1 is 1.04 bits per heavy atom. The smallest absolute Gasteiger partial charge is 0.276 e. The molecule has 0 aliphatic carbocycles. The molecular formula is C20H16ClN3O3S. The van der Waals surface area contributed by atoms with Crippen LogP contribution in [-0.4, -0.2) is 22.3 Å². The summed E-state index contributed by atoms with van der Waals surface area (Å²) in [6.07, 6.45) is 2.20. The monoisotopic (exact) mass is 413 g/mol. The lowest BCUT2D eigenvalue weighted by molar-refractivity contribution is 0.413. The second-order valence-corrected chi connectivity index (χ2v) is 7.29. The Kier molecular flexibility index (Phi) is 5.64. The van der Waals surface area contributed by atoms with Crippen LogP contribution in [0, 0.1) is 0 Å². The van der Waals surface area contributed by atoms with Crippen molar-refractivity contribution in [2.45, 2.75) is 17.4 Å². The number of halogens is 1. The standard InChI is InChI=1S/C20H16ClN3O3S/c1-25-17-8-2-13(3-9-17)10-18-23-24-20(27-18)28-12-16-11-26-19(22-16)14-4-6-15(21)7-5-14/h2-9,11H,10,12H2,1H3. The first-order chi connectivity index (χ1) is 13.7. The number of aromatic nitrogens is 3. The molecule has 0 N–H and O–H groups in total. The van der Waals surface area contributed by atoms with E-state index in [2.05, 4.69) is 15.2 Å². The molecular weight excluding hydrogens is 398 g/mol. The summed E-state index contributed by atoms with van der Waals surface area (Å²) < 4.78 is 16.4. The minimum atomic E-state index is 0.500. The van der Waals surface area contributed by atoms with E-state index in [1.54, 1.807) is 25.5 Å². The van der Waals surface area contributed by atoms with Crippen LogP contribution in [0.25, 0.3) is 11.5 Å². The van der Waals surface area contributed by atoms with Crippen LogP contribution in [0.4, 0.5) is 0 Å². The molecule has 28 heavy (non-hydrogen) atoms. The molecule has 2 heterocycles. The van der Waals surface area contributed by atoms with Crippen molar-refractivity contribution < 1.29 is 13.6 Å². The number of hydrogen-bond donors (Lipinski definition) is 0. The lowest BCUT2D eigenvalue weighted by Gasteiger charge is -2.00. The number of hydrogen-bond acceptors (Lipinski definition) is 7. The van der Waals surface area contributed by atoms with Crippen LogP contribution < -0.4 is 4.74 Å². The summed E-state index contributed by atoms with van der Waals surface area (Å²) >= 11 is 7.32. The highest BCUT2D eigenvalue weighted by molar-refractivity contribution is 7.98. The second-order valence-electron chi connectivity index (χ2n) is 5.93. The molecule has 0 aliphatic heterocycles. The number of oxazole rings is 1. The van der Waals surface area contributed by atoms with E-state index < -0.39 is 0 Å². The summed E-state index contributed by atoms with van der Waals surface area (Å²) in [5, 5.41) is 9.36. The predicted octanol–water partition coefficient (Wildman–Crippen LogP) is 5.27. The number of rotatable bonds is 7. The van der Waals surface area contributed by atoms with E-state index in [0.717, 1.165) is 22.6 Å². The molecule has 8 heteroatoms. The average Bonchev–Trinajstić information content (AvgIpc) is 3.37. The number of methoxy groups -OCH3 is 1. The fraction of sp³-hybridized carbons (Fsp3) is 0.150. The normalized spacial score (nSPS) is 10.9. The van der Waals surface area contributed by atoms with Gasteiger partial charge in [0.05, 0.1) is 19.2 Å². The summed E-state index contributed by atoms with van der Waals surface area (Å²) in [5.74, 6) is 2.50. The van der Waals surface area contributed by atoms with Gasteiger partial charge in [-0.15, -0.1) is 10.2 Å². The van der Waals surface area contributed by atoms with Gasteiger partial charge in [-0.05, 0) is 42.0 Å². The van der Waals surface area contributed by atoms with Crippen LogP contribution in [0.2, 0.25) is 5.02 Å². The largest absolute Gasteiger partial charge is 0.497 e. The summed E-state index contributed by atoms with van der Waals surface area (Å²) in [7, 11) is 1.64. The summed E-state index contributed by atoms with van der Waals surface area (Å²) in [4.78, 5) is 4.48. The summed E-state index contributed by atoms with van der Waals surface area (Å²) in [6.45, 7) is 0. The van der Waals surface area contributed by atoms with Crippen LogP contribution >= 0.6 is 23.4 Å². The molecule has 2 aromatic heterocycles. The zero-order chi connectivity index (χ0) is 19.3. The molecule has 0 unspecified atom stereocenters. The maximum Gasteiger partial charge on any atom is 0.276 e. The van der Waals surface area contributed by atoms with E-state index in [-0.39, 0.29) is 0 Å². The highest BCUT2D eigenvalue weighted by atomic mass is 35.5. The molecule has 4 rings (SSSR count). The molecule has 0 spiro atoms. The van der Waals surface area contributed by atoms with E-state index in [0.29, 0.717) is 34.2 Å². The van der Waals surface area contributed by atoms with Crippen LogP contribution in [0.15, 0.2) is 68.9 Å². The van der Waals surface area contributed by atoms with Gasteiger partial charge in [-0.2, -0.15) is 0 Å². The molecule has 0 saturated heterocycles. The van der Waals surface area contributed by atoms with E-state index in [9.17, 15) is 0 Å². The van der Waals surface area contributed by atoms with Gasteiger partial charge >= 0.3 is 0 Å². The molecule has 0 atom stereocenters. The zero-order valence-corrected chi connectivity index (χ0v) is 16.5. The number of benzene rings is 2. The van der Waals surface area contributed by atoms with Crippen molar-refractivity contribution in [2.24, 2.45) is 0 Å². The maximum atomic E-state index is 5.91. The Morgan fingerprint density at radius 2 is 1.82 bits per heavy atom. The zero-order valence-electron chi connectivity index (χ0n) is 15.0. The van der Waals surface area contributed by atoms with Crippen LogP contribution in [0.1, 0.15) is 17.1 Å². The van der Waals surface area contributed by atoms with Gasteiger partial charge in [0.2, 0.25) is 11.8 Å². The van der Waals surface area contributed by atoms with Crippen LogP contribution in [0.5, 0.6) is 5.75 Å². The topological polar surface area (TPSA) is 74.2 Å². The van der Waals surface area contributed by atoms with Crippen molar-refractivity contribution in [3.63, 3.8) is 0 Å². The first-order valence-corrected chi connectivity index (χ1v) is 9.84. The van der Waals surface area contributed by atoms with E-state index >= 15 is 0 Å². The molecule has 0 radical (unpaired) electrons. The van der Waals surface area contributed by atoms with Gasteiger partial charge in [0.15, 0.2) is 0 Å². The summed E-state index contributed by atoms with van der Waals surface area (Å²) in [6, 6.07) is 15.1. The quantitative estimate of drug-likeness (QED) is 0.382. The van der Waals surface area contributed by atoms with E-state index in [4.69, 9.17) is 25.2 Å². The highest BCUT2D eigenvalue weighted by Crippen LogP contribution is 2.25. The Labute approximate surface area is 170 Å². The number of ether oxygens (including phenoxy) is 1. The van der Waals surface area contributed by atoms with E-state index in [1.165, 1.54) is 11.8 Å². The number of thioether (sulfide) groups is 1. The van der Waals surface area contributed by atoms with Crippen molar-refractivity contribution in [1.29, 1.82) is 0 Å². The molecule has 0 amide bonds. The highest BCUT2D eigenvalue weighted by Gasteiger charge is 2.11. The number of nitrogens with zero attached hydrogens (tertiary/aromatic N) is 3. The third-order valence-electron chi connectivity index (χ3n) is 3.95. The maximum absolute atomic E-state index is 5.91. The minimum Gasteiger partial charge on any atom is -0.497 e. The fourth-order valence-electron chi connectivity index (χ4n) is 2.52. The van der Waals surface area contributed by atoms with Crippen LogP contribution in [0.3, 0.4) is 0 Å². The SMILES string of the molecule is COc1ccc(Cc2nnc(SCc3coc(-c4ccc(Cl)cc4)n3)o2)cc1. The van der Waals surface area contributed by atoms with Crippen molar-refractivity contribution in [2.75, 3.05) is 7.11 Å². The average molecular weight is 414 g/mol. The second kappa shape index (κ2) is 8.50. The first kappa shape index (κ1) is 18.6. The van der Waals surface area contributed by atoms with Gasteiger partial charge in [0.25, 0.3) is 5.22 Å². The molecule has 4 aromatic rings. The predicted molar refractivity (Wildman–Crippen MR) is 107 cm³/mol. The van der Waals surface area contributed by atoms with Gasteiger partial charge in [-0.1, -0.05) is 35.5 Å². The Morgan fingerprint density at radius 3 is 2.57 bits per heavy atom. The molecule has 0 saturated carbocycles. The summed E-state index contributed by atoms with van der Waals surface area (Å²) in [5.41, 5.74) is 2.75. The lowest BCUT2D eigenvalue weighted by Crippen LogP contribution is -1.89. The fourth-order valence-corrected chi connectivity index (χ4v) is 3.30. The Balaban J connectivity index is 1.35. The molecule has 0 bridgehead atoms. The Bertz CT molecular complexity index is 1050. The Hall–Kier alpha value is -2.77. The third kappa shape index (κ3) is 4.55. The molecule has 0 aliphatic rings. The van der Waals surface area contributed by atoms with Crippen molar-refractivity contribution in [3.8, 4) is 17.2 Å². The first-order valence-electron chi connectivity index (χ1n) is 8.48. The van der Waals surface area contributed by atoms with Crippen LogP contribution in [-0.2, 0) is 12.2 Å². The van der Waals surface area contributed by atoms with Gasteiger partial charge in [0, 0.05) is 16.3 Å². The molecule has 2 aromatic carbocycles. The third-order valence-corrected chi connectivity index (χ3v) is 5.05. The van der Waals surface area contributed by atoms with Gasteiger partial charge in [-0.25, -0.2) is 4.98 Å². The van der Waals surface area contributed by atoms with Gasteiger partial charge in [-0.3, -0.25) is 0 Å². The molecule has 0 fully saturated rings. The van der Waals surface area contributed by atoms with Crippen molar-refractivity contribution in [3.05, 3.63) is 77.0 Å². The van der Waals surface area contributed by atoms with E-state index in [1.807, 2.05) is 36.4 Å². The van der Waals surface area contributed by atoms with Gasteiger partial charge < -0.3 is 13.6 Å². The molecule has 6 nitrogen and oxygen atoms in total. The lowest BCUT2D eigenvalue weighted by atomic mass is 10.1.